The first-order valence-electron chi connectivity index (χ1n) is 10.6. The van der Waals surface area contributed by atoms with Gasteiger partial charge in [-0.2, -0.15) is 5.10 Å². The predicted octanol–water partition coefficient (Wildman–Crippen LogP) is 3.20. The van der Waals surface area contributed by atoms with E-state index in [9.17, 15) is 0 Å². The zero-order valence-electron chi connectivity index (χ0n) is 15.9. The van der Waals surface area contributed by atoms with Crippen LogP contribution in [0.25, 0.3) is 5.65 Å². The lowest BCUT2D eigenvalue weighted by atomic mass is 9.74. The van der Waals surface area contributed by atoms with E-state index in [0.29, 0.717) is 0 Å². The second-order valence-electron chi connectivity index (χ2n) is 8.79. The Kier molecular flexibility index (Phi) is 4.45. The van der Waals surface area contributed by atoms with Gasteiger partial charge in [0.25, 0.3) is 0 Å². The van der Waals surface area contributed by atoms with E-state index in [1.54, 1.807) is 6.33 Å². The minimum absolute atomic E-state index is 0.846. The lowest BCUT2D eigenvalue weighted by molar-refractivity contribution is -0.0597. The van der Waals surface area contributed by atoms with E-state index in [-0.39, 0.29) is 0 Å². The maximum Gasteiger partial charge on any atom is 0.155 e. The zero-order chi connectivity index (χ0) is 17.5. The smallest absolute Gasteiger partial charge is 0.155 e. The molecular weight excluding hydrogens is 322 g/mol. The Labute approximate surface area is 156 Å². The van der Waals surface area contributed by atoms with Crippen molar-refractivity contribution in [3.05, 3.63) is 30.2 Å². The second-order valence-corrected chi connectivity index (χ2v) is 8.79. The summed E-state index contributed by atoms with van der Waals surface area (Å²) in [7, 11) is 0. The van der Waals surface area contributed by atoms with Crippen LogP contribution in [-0.2, 0) is 6.54 Å². The number of hydrogen-bond donors (Lipinski definition) is 0. The highest BCUT2D eigenvalue weighted by atomic mass is 15.3. The van der Waals surface area contributed by atoms with Gasteiger partial charge >= 0.3 is 0 Å². The highest BCUT2D eigenvalue weighted by Crippen LogP contribution is 2.40. The molecule has 0 aliphatic carbocycles. The van der Waals surface area contributed by atoms with Crippen LogP contribution in [0.5, 0.6) is 0 Å². The fourth-order valence-corrected chi connectivity index (χ4v) is 6.00. The fourth-order valence-electron chi connectivity index (χ4n) is 6.00. The Morgan fingerprint density at radius 2 is 2.15 bits per heavy atom. The summed E-state index contributed by atoms with van der Waals surface area (Å²) >= 11 is 0. The summed E-state index contributed by atoms with van der Waals surface area (Å²) in [6, 6.07) is 6.11. The van der Waals surface area contributed by atoms with Gasteiger partial charge in [-0.3, -0.25) is 9.80 Å². The predicted molar refractivity (Wildman–Crippen MR) is 103 cm³/mol. The average Bonchev–Trinajstić information content (AvgIpc) is 3.10. The first-order valence-corrected chi connectivity index (χ1v) is 10.6. The molecular formula is C21H31N5. The first kappa shape index (κ1) is 16.7. The number of hydrogen-bond acceptors (Lipinski definition) is 4. The van der Waals surface area contributed by atoms with Crippen molar-refractivity contribution in [2.75, 3.05) is 19.6 Å². The molecule has 2 bridgehead atoms. The van der Waals surface area contributed by atoms with Crippen LogP contribution in [0.1, 0.15) is 51.0 Å². The summed E-state index contributed by atoms with van der Waals surface area (Å²) in [5, 5.41) is 4.21. The van der Waals surface area contributed by atoms with Crippen LogP contribution in [0.15, 0.2) is 24.7 Å². The number of piperidine rings is 3. The molecule has 5 nitrogen and oxygen atoms in total. The van der Waals surface area contributed by atoms with Gasteiger partial charge in [0.15, 0.2) is 5.65 Å². The third-order valence-electron chi connectivity index (χ3n) is 6.96. The van der Waals surface area contributed by atoms with Crippen LogP contribution in [0.3, 0.4) is 0 Å². The monoisotopic (exact) mass is 353 g/mol. The normalized spacial score (nSPS) is 32.7. The van der Waals surface area contributed by atoms with Crippen molar-refractivity contribution in [3.8, 4) is 0 Å². The number of fused-ring (bicyclic) bond motifs is 5. The van der Waals surface area contributed by atoms with Crippen LogP contribution in [0.2, 0.25) is 0 Å². The van der Waals surface area contributed by atoms with E-state index in [4.69, 9.17) is 0 Å². The molecule has 0 spiro atoms. The van der Waals surface area contributed by atoms with Crippen molar-refractivity contribution in [3.63, 3.8) is 0 Å². The quantitative estimate of drug-likeness (QED) is 0.846. The van der Waals surface area contributed by atoms with Crippen LogP contribution >= 0.6 is 0 Å². The zero-order valence-corrected chi connectivity index (χ0v) is 15.9. The van der Waals surface area contributed by atoms with Crippen LogP contribution in [-0.4, -0.2) is 56.1 Å². The molecule has 4 atom stereocenters. The van der Waals surface area contributed by atoms with Gasteiger partial charge in [0.05, 0.1) is 0 Å². The van der Waals surface area contributed by atoms with Crippen molar-refractivity contribution >= 4 is 5.65 Å². The van der Waals surface area contributed by atoms with Crippen molar-refractivity contribution in [2.24, 2.45) is 11.8 Å². The molecule has 5 heterocycles. The highest BCUT2D eigenvalue weighted by molar-refractivity contribution is 5.39. The molecule has 3 saturated heterocycles. The fraction of sp³-hybridized carbons (Fsp3) is 0.714. The van der Waals surface area contributed by atoms with E-state index in [0.717, 1.165) is 36.1 Å². The standard InChI is InChI=1S/C21H31N5/c1-2-4-19-5-3-6-20-18-9-17(13-25(19)20)12-24(14-18)11-16-7-8-26-21(10-16)22-15-23-26/h7-8,10,15,17-20H,2-6,9,11-14H2,1H3/t17-,18+,19-,20-/m0/s1. The molecule has 2 aromatic rings. The maximum atomic E-state index is 4.34. The summed E-state index contributed by atoms with van der Waals surface area (Å²) in [5.74, 6) is 1.73. The third-order valence-corrected chi connectivity index (χ3v) is 6.96. The van der Waals surface area contributed by atoms with Crippen molar-refractivity contribution in [1.82, 2.24) is 24.4 Å². The molecule has 0 saturated carbocycles. The van der Waals surface area contributed by atoms with Crippen LogP contribution in [0, 0.1) is 11.8 Å². The van der Waals surface area contributed by atoms with Crippen LogP contribution < -0.4 is 0 Å². The van der Waals surface area contributed by atoms with E-state index >= 15 is 0 Å². The van der Waals surface area contributed by atoms with E-state index in [1.807, 2.05) is 10.7 Å². The summed E-state index contributed by atoms with van der Waals surface area (Å²) in [4.78, 5) is 9.98. The summed E-state index contributed by atoms with van der Waals surface area (Å²) < 4.78 is 1.85. The van der Waals surface area contributed by atoms with E-state index < -0.39 is 0 Å². The lowest BCUT2D eigenvalue weighted by Crippen LogP contribution is -2.61. The Morgan fingerprint density at radius 1 is 1.19 bits per heavy atom. The Hall–Kier alpha value is -1.46. The van der Waals surface area contributed by atoms with Gasteiger partial charge in [-0.1, -0.05) is 19.8 Å². The molecule has 5 heteroatoms. The Balaban J connectivity index is 1.29. The SMILES string of the molecule is CCC[C@H]1CCC[C@H]2[C@@H]3C[C@@H](CN(Cc4ccn5ncnc5c4)C3)CN12. The molecule has 26 heavy (non-hydrogen) atoms. The number of nitrogens with zero attached hydrogens (tertiary/aromatic N) is 5. The number of rotatable bonds is 4. The van der Waals surface area contributed by atoms with Gasteiger partial charge < -0.3 is 0 Å². The summed E-state index contributed by atoms with van der Waals surface area (Å²) in [6.45, 7) is 7.28. The number of aromatic nitrogens is 3. The molecule has 0 unspecified atom stereocenters. The largest absolute Gasteiger partial charge is 0.298 e. The number of likely N-dealkylation sites (tertiary alicyclic amines) is 1. The molecule has 140 valence electrons. The summed E-state index contributed by atoms with van der Waals surface area (Å²) in [5.41, 5.74) is 2.33. The molecule has 2 aromatic heterocycles. The van der Waals surface area contributed by atoms with Crippen molar-refractivity contribution < 1.29 is 0 Å². The Bertz CT molecular complexity index is 754. The molecule has 0 amide bonds. The van der Waals surface area contributed by atoms with Gasteiger partial charge in [-0.05, 0) is 55.2 Å². The molecule has 3 fully saturated rings. The average molecular weight is 354 g/mol. The van der Waals surface area contributed by atoms with Gasteiger partial charge in [0.1, 0.15) is 6.33 Å². The highest BCUT2D eigenvalue weighted by Gasteiger charge is 2.44. The third kappa shape index (κ3) is 3.05. The van der Waals surface area contributed by atoms with E-state index in [2.05, 4.69) is 38.9 Å². The van der Waals surface area contributed by atoms with Gasteiger partial charge in [0.2, 0.25) is 0 Å². The molecule has 3 aliphatic heterocycles. The molecule has 0 aromatic carbocycles. The molecule has 0 N–H and O–H groups in total. The molecule has 5 rings (SSSR count). The van der Waals surface area contributed by atoms with Crippen LogP contribution in [0.4, 0.5) is 0 Å². The topological polar surface area (TPSA) is 36.7 Å². The summed E-state index contributed by atoms with van der Waals surface area (Å²) in [6.07, 6.45) is 12.2. The maximum absolute atomic E-state index is 4.34. The van der Waals surface area contributed by atoms with E-state index in [1.165, 1.54) is 63.7 Å². The Morgan fingerprint density at radius 3 is 3.08 bits per heavy atom. The minimum Gasteiger partial charge on any atom is -0.298 e. The molecule has 3 aliphatic rings. The van der Waals surface area contributed by atoms with Crippen molar-refractivity contribution in [1.29, 1.82) is 0 Å². The van der Waals surface area contributed by atoms with Crippen molar-refractivity contribution in [2.45, 2.75) is 64.1 Å². The van der Waals surface area contributed by atoms with Gasteiger partial charge in [-0.15, -0.1) is 0 Å². The minimum atomic E-state index is 0.846. The van der Waals surface area contributed by atoms with Gasteiger partial charge in [0, 0.05) is 44.5 Å². The first-order chi connectivity index (χ1) is 12.8. The van der Waals surface area contributed by atoms with Gasteiger partial charge in [-0.25, -0.2) is 9.50 Å². The lowest BCUT2D eigenvalue weighted by Gasteiger charge is -2.55. The number of pyridine rings is 1. The molecule has 0 radical (unpaired) electrons. The second kappa shape index (κ2) is 6.93.